The summed E-state index contributed by atoms with van der Waals surface area (Å²) in [6, 6.07) is -0.213. The number of rotatable bonds is 18. The molecule has 1 aliphatic rings. The Balaban J connectivity index is 2.49. The maximum Gasteiger partial charge on any atom is 0.480 e. The molecule has 0 aromatic carbocycles. The van der Waals surface area contributed by atoms with E-state index in [0.29, 0.717) is 9.13 Å². The number of hydrogen-bond acceptors (Lipinski definition) is 17. The van der Waals surface area contributed by atoms with Crippen LogP contribution in [-0.2, 0) is 67.7 Å². The summed E-state index contributed by atoms with van der Waals surface area (Å²) in [5.74, 6) is -5.04. The van der Waals surface area contributed by atoms with Crippen LogP contribution in [0.3, 0.4) is 0 Å². The van der Waals surface area contributed by atoms with Gasteiger partial charge in [-0.1, -0.05) is 41.5 Å². The lowest BCUT2D eigenvalue weighted by Gasteiger charge is -2.34. The Morgan fingerprint density at radius 2 is 1.52 bits per heavy atom. The number of hydrogen-bond donors (Lipinski definition) is 2. The van der Waals surface area contributed by atoms with Gasteiger partial charge in [-0.15, -0.1) is 0 Å². The molecule has 1 aromatic rings. The fourth-order valence-corrected chi connectivity index (χ4v) is 5.27. The van der Waals surface area contributed by atoms with Crippen LogP contribution in [0.15, 0.2) is 21.9 Å². The van der Waals surface area contributed by atoms with Crippen molar-refractivity contribution in [1.82, 2.24) is 9.13 Å². The Morgan fingerprint density at radius 3 is 1.98 bits per heavy atom. The molecule has 1 saturated heterocycles. The molecule has 2 rings (SSSR count). The number of nitrogens with two attached hydrogens (primary N) is 1. The first-order valence-corrected chi connectivity index (χ1v) is 16.8. The summed E-state index contributed by atoms with van der Waals surface area (Å²) < 4.78 is 71.0. The quantitative estimate of drug-likeness (QED) is 0.0917. The van der Waals surface area contributed by atoms with Crippen molar-refractivity contribution in [2.45, 2.75) is 91.7 Å². The zero-order chi connectivity index (χ0) is 38.2. The number of phosphoric acid groups is 1. The van der Waals surface area contributed by atoms with Gasteiger partial charge in [0.05, 0.1) is 18.4 Å². The van der Waals surface area contributed by atoms with Crippen molar-refractivity contribution in [3.05, 3.63) is 33.1 Å². The second-order valence-electron chi connectivity index (χ2n) is 12.5. The minimum absolute atomic E-state index is 0.334. The average Bonchev–Trinajstić information content (AvgIpc) is 3.24. The molecule has 1 aliphatic heterocycles. The smallest absolute Gasteiger partial charge is 0.456 e. The lowest BCUT2D eigenvalue weighted by molar-refractivity contribution is -0.174. The topological polar surface area (TPSA) is 249 Å². The van der Waals surface area contributed by atoms with E-state index >= 15 is 4.39 Å². The van der Waals surface area contributed by atoms with Crippen LogP contribution in [0.4, 0.5) is 4.39 Å². The molecule has 284 valence electrons. The third-order valence-electron chi connectivity index (χ3n) is 7.27. The molecule has 0 bridgehead atoms. The van der Waals surface area contributed by atoms with Crippen molar-refractivity contribution in [2.24, 2.45) is 23.5 Å². The van der Waals surface area contributed by atoms with Crippen molar-refractivity contribution >= 4 is 31.7 Å². The minimum atomic E-state index is -4.95. The SMILES string of the molecule is CC(=O)O[C@@H]1[C@@](CF)(COP(=O)(OCOC(=O)C(C)C)OCOC(=O)C(C)C)O[C@@H](n2ccc(=O)n(COC(=O)[C@@H](N)C(C)C)c2=O)[C@]1(C)O. The van der Waals surface area contributed by atoms with Crippen molar-refractivity contribution < 1.29 is 70.5 Å². The molecule has 3 N–H and O–H groups in total. The molecule has 2 heterocycles. The molecule has 0 spiro atoms. The van der Waals surface area contributed by atoms with E-state index in [2.05, 4.69) is 0 Å². The third-order valence-corrected chi connectivity index (χ3v) is 8.56. The van der Waals surface area contributed by atoms with Crippen LogP contribution in [-0.4, -0.2) is 88.3 Å². The Hall–Kier alpha value is -3.52. The number of aromatic nitrogens is 2. The van der Waals surface area contributed by atoms with Gasteiger partial charge < -0.3 is 34.5 Å². The van der Waals surface area contributed by atoms with Crippen LogP contribution >= 0.6 is 7.82 Å². The van der Waals surface area contributed by atoms with Crippen LogP contribution in [0.25, 0.3) is 0 Å². The molecule has 1 fully saturated rings. The molecule has 0 unspecified atom stereocenters. The average molecular weight is 742 g/mol. The number of carbonyl (C=O) groups is 4. The van der Waals surface area contributed by atoms with Crippen LogP contribution in [0.5, 0.6) is 0 Å². The fraction of sp³-hybridized carbons (Fsp3) is 0.724. The minimum Gasteiger partial charge on any atom is -0.456 e. The summed E-state index contributed by atoms with van der Waals surface area (Å²) in [6.45, 7) is 5.59. The van der Waals surface area contributed by atoms with Crippen LogP contribution in [0, 0.1) is 17.8 Å². The van der Waals surface area contributed by atoms with Gasteiger partial charge in [-0.3, -0.25) is 33.1 Å². The highest BCUT2D eigenvalue weighted by molar-refractivity contribution is 7.48. The number of aliphatic hydroxyl groups is 1. The van der Waals surface area contributed by atoms with Gasteiger partial charge in [0.15, 0.2) is 24.7 Å². The largest absolute Gasteiger partial charge is 0.480 e. The van der Waals surface area contributed by atoms with E-state index in [4.69, 9.17) is 43.0 Å². The predicted molar refractivity (Wildman–Crippen MR) is 166 cm³/mol. The van der Waals surface area contributed by atoms with Gasteiger partial charge >= 0.3 is 37.4 Å². The first-order chi connectivity index (χ1) is 23.1. The van der Waals surface area contributed by atoms with E-state index < -0.39 is 118 Å². The number of phosphoric ester groups is 1. The maximum absolute atomic E-state index is 15.1. The number of carbonyl (C=O) groups excluding carboxylic acids is 4. The molecule has 19 nitrogen and oxygen atoms in total. The Labute approximate surface area is 286 Å². The van der Waals surface area contributed by atoms with Crippen LogP contribution in [0.1, 0.15) is 61.6 Å². The van der Waals surface area contributed by atoms with E-state index in [1.807, 2.05) is 0 Å². The Kier molecular flexibility index (Phi) is 15.0. The molecular formula is C29H45FN3O16P. The molecule has 0 aliphatic carbocycles. The van der Waals surface area contributed by atoms with Gasteiger partial charge in [-0.05, 0) is 12.8 Å². The van der Waals surface area contributed by atoms with Gasteiger partial charge in [0.1, 0.15) is 18.3 Å². The first kappa shape index (κ1) is 42.6. The molecule has 0 amide bonds. The summed E-state index contributed by atoms with van der Waals surface area (Å²) in [7, 11) is -4.95. The fourth-order valence-electron chi connectivity index (χ4n) is 4.30. The van der Waals surface area contributed by atoms with Gasteiger partial charge in [0.25, 0.3) is 5.56 Å². The van der Waals surface area contributed by atoms with E-state index in [9.17, 15) is 38.4 Å². The van der Waals surface area contributed by atoms with Crippen molar-refractivity contribution in [3.63, 3.8) is 0 Å². The summed E-state index contributed by atoms with van der Waals surface area (Å²) in [4.78, 5) is 74.3. The summed E-state index contributed by atoms with van der Waals surface area (Å²) in [5.41, 5.74) is -1.41. The van der Waals surface area contributed by atoms with E-state index in [1.54, 1.807) is 13.8 Å². The molecule has 5 atom stereocenters. The van der Waals surface area contributed by atoms with E-state index in [-0.39, 0.29) is 5.92 Å². The van der Waals surface area contributed by atoms with Crippen molar-refractivity contribution in [1.29, 1.82) is 0 Å². The number of esters is 4. The van der Waals surface area contributed by atoms with Gasteiger partial charge in [0, 0.05) is 19.2 Å². The van der Waals surface area contributed by atoms with Crippen molar-refractivity contribution in [3.8, 4) is 0 Å². The van der Waals surface area contributed by atoms with Crippen LogP contribution in [0.2, 0.25) is 0 Å². The monoisotopic (exact) mass is 741 g/mol. The lowest BCUT2D eigenvalue weighted by atomic mass is 9.88. The van der Waals surface area contributed by atoms with Gasteiger partial charge in [-0.25, -0.2) is 27.4 Å². The summed E-state index contributed by atoms with van der Waals surface area (Å²) >= 11 is 0. The molecule has 0 saturated carbocycles. The zero-order valence-electron chi connectivity index (χ0n) is 29.0. The molecule has 21 heteroatoms. The summed E-state index contributed by atoms with van der Waals surface area (Å²) in [6.07, 6.45) is -3.03. The third kappa shape index (κ3) is 10.5. The van der Waals surface area contributed by atoms with Gasteiger partial charge in [0.2, 0.25) is 13.6 Å². The normalized spacial score (nSPS) is 22.8. The molecule has 0 radical (unpaired) electrons. The van der Waals surface area contributed by atoms with E-state index in [0.717, 1.165) is 26.1 Å². The van der Waals surface area contributed by atoms with Crippen molar-refractivity contribution in [2.75, 3.05) is 26.9 Å². The standard InChI is InChI=1S/C29H45FN3O16P/c1-16(2)21(31)24(38)42-13-33-20(35)9-10-32(27(33)39)26-28(8,40)25(48-19(7)34)29(11-30,49-26)12-45-50(41,46-14-43-22(36)17(3)4)47-15-44-23(37)18(5)6/h9-10,16-18,21,25-26,40H,11-15,31H2,1-8H3/t21-,25-,26+,28+,29+/m0/s1. The number of ether oxygens (including phenoxy) is 5. The number of alkyl halides is 1. The highest BCUT2D eigenvalue weighted by atomic mass is 31.2. The highest BCUT2D eigenvalue weighted by Gasteiger charge is 2.65. The number of nitrogens with zero attached hydrogens (tertiary/aromatic N) is 2. The van der Waals surface area contributed by atoms with Crippen LogP contribution < -0.4 is 17.0 Å². The molecule has 50 heavy (non-hydrogen) atoms. The Bertz CT molecular complexity index is 1510. The Morgan fingerprint density at radius 1 is 0.980 bits per heavy atom. The predicted octanol–water partition coefficient (Wildman–Crippen LogP) is 0.885. The maximum atomic E-state index is 15.1. The van der Waals surface area contributed by atoms with Gasteiger partial charge in [-0.2, -0.15) is 0 Å². The second kappa shape index (κ2) is 17.6. The lowest BCUT2D eigenvalue weighted by Crippen LogP contribution is -2.55. The number of halogens is 1. The zero-order valence-corrected chi connectivity index (χ0v) is 29.9. The summed E-state index contributed by atoms with van der Waals surface area (Å²) in [5, 5.41) is 11.6. The first-order valence-electron chi connectivity index (χ1n) is 15.4. The second-order valence-corrected chi connectivity index (χ2v) is 14.1. The molecule has 1 aromatic heterocycles. The van der Waals surface area contributed by atoms with E-state index in [1.165, 1.54) is 27.7 Å². The highest BCUT2D eigenvalue weighted by Crippen LogP contribution is 2.53. The molecular weight excluding hydrogens is 696 g/mol.